The van der Waals surface area contributed by atoms with Crippen molar-refractivity contribution in [3.8, 4) is 0 Å². The second-order valence-corrected chi connectivity index (χ2v) is 17.4. The monoisotopic (exact) mass is 662 g/mol. The molecule has 5 aliphatic carbocycles. The van der Waals surface area contributed by atoms with E-state index >= 15 is 0 Å². The molecule has 48 heavy (non-hydrogen) atoms. The second-order valence-electron chi connectivity index (χ2n) is 17.4. The van der Waals surface area contributed by atoms with Crippen LogP contribution in [0.3, 0.4) is 0 Å². The summed E-state index contributed by atoms with van der Waals surface area (Å²) in [6, 6.07) is 1.57. The number of allylic oxidation sites excluding steroid dienone is 2. The highest BCUT2D eigenvalue weighted by Gasteiger charge is 2.72. The highest BCUT2D eigenvalue weighted by atomic mass is 16.6. The van der Waals surface area contributed by atoms with Gasteiger partial charge in [-0.3, -0.25) is 19.1 Å². The van der Waals surface area contributed by atoms with Gasteiger partial charge in [-0.1, -0.05) is 33.3 Å². The van der Waals surface area contributed by atoms with E-state index in [4.69, 9.17) is 13.6 Å². The fourth-order valence-corrected chi connectivity index (χ4v) is 12.0. The molecule has 10 atom stereocenters. The van der Waals surface area contributed by atoms with Gasteiger partial charge in [-0.15, -0.1) is 0 Å². The minimum Gasteiger partial charge on any atom is -0.481 e. The van der Waals surface area contributed by atoms with Crippen molar-refractivity contribution in [3.05, 3.63) is 52.2 Å². The number of ketones is 1. The van der Waals surface area contributed by atoms with Crippen molar-refractivity contribution in [2.45, 2.75) is 119 Å². The first-order chi connectivity index (χ1) is 22.4. The van der Waals surface area contributed by atoms with Gasteiger partial charge in [0.25, 0.3) is 0 Å². The summed E-state index contributed by atoms with van der Waals surface area (Å²) < 4.78 is 18.0. The number of carboxylic acids is 1. The first kappa shape index (κ1) is 33.1. The van der Waals surface area contributed by atoms with Crippen LogP contribution < -0.4 is 5.82 Å². The summed E-state index contributed by atoms with van der Waals surface area (Å²) in [6.45, 7) is 14.4. The number of esters is 1. The van der Waals surface area contributed by atoms with Crippen molar-refractivity contribution in [1.29, 1.82) is 0 Å². The summed E-state index contributed by atoms with van der Waals surface area (Å²) in [5.41, 5.74) is -1.83. The predicted molar refractivity (Wildman–Crippen MR) is 174 cm³/mol. The van der Waals surface area contributed by atoms with Crippen LogP contribution in [0.5, 0.6) is 0 Å². The molecule has 2 heterocycles. The number of rotatable bonds is 5. The van der Waals surface area contributed by atoms with Gasteiger partial charge < -0.3 is 18.7 Å². The maximum Gasteiger partial charge on any atom is 0.519 e. The Morgan fingerprint density at radius 3 is 2.38 bits per heavy atom. The van der Waals surface area contributed by atoms with Gasteiger partial charge in [-0.2, -0.15) is 5.10 Å². The molecule has 0 radical (unpaired) electrons. The Bertz CT molecular complexity index is 1750. The standard InChI is InChI=1S/C38H50N2O8/c1-22-26(48-32(45)47-22)21-46-31(44)38(7)27-9-12-37(6)29(35(27,4)11-10-28(38)40-18-8-17-39-40)25(41)19-23-24-20-34(3,30(42)43)14-13-33(24,2)15-16-36(23,37)5/h8,17-19,24,27-29H,9-16,20-21H2,1-7H3,(H,42,43)/t24-,27?,28-,29+,33+,34-,35-,36+,37+,38-/m0/s1. The molecule has 0 saturated heterocycles. The third-order valence-electron chi connectivity index (χ3n) is 15.2. The normalized spacial score (nSPS) is 43.6. The molecule has 1 N–H and O–H groups in total. The van der Waals surface area contributed by atoms with Crippen LogP contribution in [0.1, 0.15) is 117 Å². The average Bonchev–Trinajstić information content (AvgIpc) is 3.66. The molecule has 0 spiro atoms. The zero-order chi connectivity index (χ0) is 34.7. The predicted octanol–water partition coefficient (Wildman–Crippen LogP) is 7.07. The molecule has 4 saturated carbocycles. The van der Waals surface area contributed by atoms with E-state index in [1.165, 1.54) is 5.57 Å². The van der Waals surface area contributed by atoms with E-state index in [9.17, 15) is 24.3 Å². The van der Waals surface area contributed by atoms with Gasteiger partial charge in [0.05, 0.1) is 16.9 Å². The number of carbonyl (C=O) groups is 3. The Hall–Kier alpha value is -3.43. The van der Waals surface area contributed by atoms with Crippen LogP contribution in [-0.2, 0) is 25.7 Å². The highest BCUT2D eigenvalue weighted by molar-refractivity contribution is 5.96. The smallest absolute Gasteiger partial charge is 0.481 e. The lowest BCUT2D eigenvalue weighted by Gasteiger charge is -2.70. The number of carbonyl (C=O) groups excluding carboxylic acids is 2. The molecule has 2 aromatic heterocycles. The van der Waals surface area contributed by atoms with E-state index in [2.05, 4.69) is 32.8 Å². The third kappa shape index (κ3) is 4.31. The first-order valence-electron chi connectivity index (χ1n) is 17.7. The Balaban J connectivity index is 1.29. The SMILES string of the molecule is Cc1oc(=O)oc1COC(=O)[C@@]1(C)C2CC[C@]3(C)[C@H](C(=O)C=C4[C@@H]5C[C@@](C)(C(=O)O)CC[C@]5(C)CC[C@]43C)[C@@]2(C)CC[C@@H]1n1cccn1. The molecule has 4 fully saturated rings. The van der Waals surface area contributed by atoms with Crippen LogP contribution in [0, 0.1) is 57.2 Å². The molecule has 10 heteroatoms. The molecule has 1 unspecified atom stereocenters. The molecule has 0 aromatic carbocycles. The number of ether oxygens (including phenoxy) is 1. The number of aromatic nitrogens is 2. The van der Waals surface area contributed by atoms with Gasteiger partial charge in [-0.05, 0) is 124 Å². The summed E-state index contributed by atoms with van der Waals surface area (Å²) >= 11 is 0. The number of hydrogen-bond donors (Lipinski definition) is 1. The van der Waals surface area contributed by atoms with Gasteiger partial charge in [0.1, 0.15) is 0 Å². The third-order valence-corrected chi connectivity index (χ3v) is 15.2. The zero-order valence-corrected chi connectivity index (χ0v) is 29.4. The maximum atomic E-state index is 14.8. The molecule has 5 aliphatic rings. The summed E-state index contributed by atoms with van der Waals surface area (Å²) in [6.07, 6.45) is 12.5. The van der Waals surface area contributed by atoms with Crippen molar-refractivity contribution in [2.24, 2.45) is 50.2 Å². The Morgan fingerprint density at radius 1 is 1.00 bits per heavy atom. The lowest BCUT2D eigenvalue weighted by Crippen LogP contribution is -2.67. The number of hydrogen-bond acceptors (Lipinski definition) is 8. The maximum absolute atomic E-state index is 14.8. The minimum atomic E-state index is -1.03. The number of nitrogens with zero attached hydrogens (tertiary/aromatic N) is 2. The molecule has 7 rings (SSSR count). The van der Waals surface area contributed by atoms with Crippen molar-refractivity contribution >= 4 is 17.7 Å². The number of carboxylic acid groups (broad SMARTS) is 1. The number of fused-ring (bicyclic) bond motifs is 7. The minimum absolute atomic E-state index is 0.0263. The van der Waals surface area contributed by atoms with Crippen molar-refractivity contribution in [3.63, 3.8) is 0 Å². The fourth-order valence-electron chi connectivity index (χ4n) is 12.0. The van der Waals surface area contributed by atoms with E-state index in [1.54, 1.807) is 13.1 Å². The van der Waals surface area contributed by atoms with Gasteiger partial charge in [0, 0.05) is 18.3 Å². The highest BCUT2D eigenvalue weighted by Crippen LogP contribution is 2.76. The lowest BCUT2D eigenvalue weighted by atomic mass is 9.33. The molecule has 10 nitrogen and oxygen atoms in total. The zero-order valence-electron chi connectivity index (χ0n) is 29.4. The molecular weight excluding hydrogens is 612 g/mol. The van der Waals surface area contributed by atoms with Crippen molar-refractivity contribution in [2.75, 3.05) is 0 Å². The van der Waals surface area contributed by atoms with E-state index in [0.29, 0.717) is 19.3 Å². The molecule has 2 aromatic rings. The van der Waals surface area contributed by atoms with E-state index in [0.717, 1.165) is 38.5 Å². The topological polar surface area (TPSA) is 142 Å². The summed E-state index contributed by atoms with van der Waals surface area (Å²) in [5, 5.41) is 14.8. The van der Waals surface area contributed by atoms with Gasteiger partial charge in [0.2, 0.25) is 0 Å². The summed E-state index contributed by atoms with van der Waals surface area (Å²) in [4.78, 5) is 53.5. The molecular formula is C38H50N2O8. The van der Waals surface area contributed by atoms with Crippen LogP contribution in [0.25, 0.3) is 0 Å². The van der Waals surface area contributed by atoms with Crippen LogP contribution in [0.15, 0.2) is 43.7 Å². The van der Waals surface area contributed by atoms with Gasteiger partial charge in [0.15, 0.2) is 23.9 Å². The van der Waals surface area contributed by atoms with Crippen molar-refractivity contribution in [1.82, 2.24) is 9.78 Å². The van der Waals surface area contributed by atoms with E-state index in [1.807, 2.05) is 36.9 Å². The van der Waals surface area contributed by atoms with Gasteiger partial charge in [-0.25, -0.2) is 4.79 Å². The molecule has 0 bridgehead atoms. The van der Waals surface area contributed by atoms with E-state index < -0.39 is 34.0 Å². The Kier molecular flexibility index (Phi) is 7.26. The summed E-state index contributed by atoms with van der Waals surface area (Å²) in [5.74, 6) is -1.86. The quantitative estimate of drug-likeness (QED) is 0.333. The Morgan fingerprint density at radius 2 is 1.73 bits per heavy atom. The average molecular weight is 663 g/mol. The van der Waals surface area contributed by atoms with Crippen molar-refractivity contribution < 1.29 is 33.1 Å². The molecule has 0 amide bonds. The largest absolute Gasteiger partial charge is 0.519 e. The fraction of sp³-hybridized carbons (Fsp3) is 0.711. The molecule has 260 valence electrons. The first-order valence-corrected chi connectivity index (χ1v) is 17.7. The van der Waals surface area contributed by atoms with Crippen LogP contribution in [0.4, 0.5) is 0 Å². The van der Waals surface area contributed by atoms with Crippen LogP contribution in [-0.4, -0.2) is 32.6 Å². The van der Waals surface area contributed by atoms with Crippen LogP contribution >= 0.6 is 0 Å². The van der Waals surface area contributed by atoms with Crippen LogP contribution in [0.2, 0.25) is 0 Å². The number of aryl methyl sites for hydroxylation is 1. The lowest BCUT2D eigenvalue weighted by molar-refractivity contribution is -0.209. The molecule has 0 aliphatic heterocycles. The Labute approximate surface area is 281 Å². The van der Waals surface area contributed by atoms with Gasteiger partial charge >= 0.3 is 17.8 Å². The second kappa shape index (κ2) is 10.5. The van der Waals surface area contributed by atoms with E-state index in [-0.39, 0.29) is 64.0 Å². The number of aliphatic carboxylic acids is 1. The summed E-state index contributed by atoms with van der Waals surface area (Å²) in [7, 11) is 0.